The Hall–Kier alpha value is -2.01. The van der Waals surface area contributed by atoms with Gasteiger partial charge in [0.2, 0.25) is 0 Å². The van der Waals surface area contributed by atoms with E-state index < -0.39 is 0 Å². The number of nitrogens with zero attached hydrogens (tertiary/aromatic N) is 1. The Balaban J connectivity index is 1.52. The fraction of sp³-hybridized carbons (Fsp3) is 0.591. The number of para-hydroxylation sites is 1. The van der Waals surface area contributed by atoms with Gasteiger partial charge in [-0.15, -0.1) is 0 Å². The van der Waals surface area contributed by atoms with Gasteiger partial charge in [-0.05, 0) is 49.7 Å². The molecule has 0 amide bonds. The first-order valence-corrected chi connectivity index (χ1v) is 10.2. The summed E-state index contributed by atoms with van der Waals surface area (Å²) in [5, 5.41) is 8.38. The molecule has 3 rings (SSSR count). The maximum Gasteiger partial charge on any atom is 0.191 e. The molecule has 0 atom stereocenters. The molecule has 3 N–H and O–H groups in total. The topological polar surface area (TPSA) is 61.4 Å². The maximum atomic E-state index is 5.34. The normalized spacial score (nSPS) is 16.8. The first-order chi connectivity index (χ1) is 13.2. The molecule has 2 aromatic rings. The fourth-order valence-corrected chi connectivity index (χ4v) is 4.41. The quantitative estimate of drug-likeness (QED) is 0.489. The van der Waals surface area contributed by atoms with E-state index in [1.807, 2.05) is 7.05 Å². The van der Waals surface area contributed by atoms with Crippen molar-refractivity contribution in [1.82, 2.24) is 15.6 Å². The van der Waals surface area contributed by atoms with Crippen LogP contribution in [0.1, 0.15) is 43.4 Å². The molecule has 1 aliphatic carbocycles. The van der Waals surface area contributed by atoms with Gasteiger partial charge in [0.05, 0.1) is 0 Å². The Bertz CT molecular complexity index is 759. The number of aromatic nitrogens is 1. The van der Waals surface area contributed by atoms with Gasteiger partial charge in [0.1, 0.15) is 0 Å². The van der Waals surface area contributed by atoms with Gasteiger partial charge < -0.3 is 20.4 Å². The summed E-state index contributed by atoms with van der Waals surface area (Å²) in [5.41, 5.74) is 4.22. The zero-order chi connectivity index (χ0) is 19.1. The Morgan fingerprint density at radius 3 is 2.74 bits per heavy atom. The van der Waals surface area contributed by atoms with Crippen LogP contribution in [0.4, 0.5) is 0 Å². The van der Waals surface area contributed by atoms with E-state index in [0.717, 1.165) is 38.5 Å². The number of aliphatic imine (C=N–C) groups is 1. The number of aromatic amines is 1. The smallest absolute Gasteiger partial charge is 0.191 e. The van der Waals surface area contributed by atoms with Crippen LogP contribution in [0.3, 0.4) is 0 Å². The number of benzene rings is 1. The Kier molecular flexibility index (Phi) is 6.78. The van der Waals surface area contributed by atoms with Gasteiger partial charge in [0.15, 0.2) is 5.96 Å². The number of aryl methyl sites for hydroxylation is 1. The van der Waals surface area contributed by atoms with Crippen LogP contribution in [0.25, 0.3) is 10.9 Å². The predicted octanol–water partition coefficient (Wildman–Crippen LogP) is 3.78. The van der Waals surface area contributed by atoms with Crippen LogP contribution >= 0.6 is 0 Å². The molecule has 27 heavy (non-hydrogen) atoms. The van der Waals surface area contributed by atoms with Gasteiger partial charge in [0.25, 0.3) is 0 Å². The van der Waals surface area contributed by atoms with E-state index in [9.17, 15) is 0 Å². The minimum atomic E-state index is 0.362. The number of hydrogen-bond acceptors (Lipinski definition) is 2. The zero-order valence-corrected chi connectivity index (χ0v) is 17.0. The van der Waals surface area contributed by atoms with E-state index in [1.54, 1.807) is 7.11 Å². The number of guanidine groups is 1. The highest BCUT2D eigenvalue weighted by Crippen LogP contribution is 2.40. The number of hydrogen-bond donors (Lipinski definition) is 3. The molecule has 0 unspecified atom stereocenters. The lowest BCUT2D eigenvalue weighted by Gasteiger charge is -2.30. The average Bonchev–Trinajstić information content (AvgIpc) is 3.28. The summed E-state index contributed by atoms with van der Waals surface area (Å²) in [6.07, 6.45) is 7.34. The molecule has 148 valence electrons. The summed E-state index contributed by atoms with van der Waals surface area (Å²) in [4.78, 5) is 7.90. The monoisotopic (exact) mass is 370 g/mol. The number of methoxy groups -OCH3 is 1. The Morgan fingerprint density at radius 1 is 1.22 bits per heavy atom. The molecule has 1 fully saturated rings. The Morgan fingerprint density at radius 2 is 2.00 bits per heavy atom. The van der Waals surface area contributed by atoms with Crippen LogP contribution in [0.15, 0.2) is 29.3 Å². The molecule has 0 bridgehead atoms. The molecule has 1 aliphatic rings. The van der Waals surface area contributed by atoms with Crippen molar-refractivity contribution < 1.29 is 4.74 Å². The highest BCUT2D eigenvalue weighted by Gasteiger charge is 2.33. The van der Waals surface area contributed by atoms with Crippen molar-refractivity contribution in [3.63, 3.8) is 0 Å². The maximum absolute atomic E-state index is 5.34. The lowest BCUT2D eigenvalue weighted by atomic mass is 9.83. The van der Waals surface area contributed by atoms with E-state index >= 15 is 0 Å². The molecule has 0 radical (unpaired) electrons. The third-order valence-electron chi connectivity index (χ3n) is 6.05. The molecule has 1 aromatic heterocycles. The molecule has 1 aromatic carbocycles. The SMILES string of the molecule is CN=C(NCCc1c(C)[nH]c2ccccc12)NCC1(CCOC)CCCC1. The Labute approximate surface area is 163 Å². The van der Waals surface area contributed by atoms with Crippen LogP contribution in [0, 0.1) is 12.3 Å². The summed E-state index contributed by atoms with van der Waals surface area (Å²) in [5.74, 6) is 0.899. The van der Waals surface area contributed by atoms with E-state index in [-0.39, 0.29) is 0 Å². The highest BCUT2D eigenvalue weighted by atomic mass is 16.5. The third kappa shape index (κ3) is 4.83. The lowest BCUT2D eigenvalue weighted by Crippen LogP contribution is -2.43. The van der Waals surface area contributed by atoms with Crippen molar-refractivity contribution in [1.29, 1.82) is 0 Å². The molecule has 1 saturated carbocycles. The van der Waals surface area contributed by atoms with E-state index in [0.29, 0.717) is 5.41 Å². The van der Waals surface area contributed by atoms with Crippen molar-refractivity contribution in [3.05, 3.63) is 35.5 Å². The number of nitrogens with one attached hydrogen (secondary N) is 3. The molecule has 0 spiro atoms. The second kappa shape index (κ2) is 9.27. The van der Waals surface area contributed by atoms with E-state index in [2.05, 4.69) is 51.8 Å². The third-order valence-corrected chi connectivity index (χ3v) is 6.05. The van der Waals surface area contributed by atoms with Crippen molar-refractivity contribution in [2.24, 2.45) is 10.4 Å². The summed E-state index contributed by atoms with van der Waals surface area (Å²) >= 11 is 0. The van der Waals surface area contributed by atoms with Crippen molar-refractivity contribution in [2.75, 3.05) is 33.9 Å². The molecule has 5 heteroatoms. The van der Waals surface area contributed by atoms with Crippen molar-refractivity contribution >= 4 is 16.9 Å². The zero-order valence-electron chi connectivity index (χ0n) is 17.0. The summed E-state index contributed by atoms with van der Waals surface area (Å²) < 4.78 is 5.34. The van der Waals surface area contributed by atoms with E-state index in [4.69, 9.17) is 4.74 Å². The molecular formula is C22H34N4O. The van der Waals surface area contributed by atoms with Crippen LogP contribution in [0.5, 0.6) is 0 Å². The molecular weight excluding hydrogens is 336 g/mol. The predicted molar refractivity (Wildman–Crippen MR) is 113 cm³/mol. The minimum absolute atomic E-state index is 0.362. The van der Waals surface area contributed by atoms with Crippen LogP contribution in [-0.4, -0.2) is 44.8 Å². The second-order valence-corrected chi connectivity index (χ2v) is 7.83. The highest BCUT2D eigenvalue weighted by molar-refractivity contribution is 5.84. The number of ether oxygens (including phenoxy) is 1. The molecule has 0 aliphatic heterocycles. The van der Waals surface area contributed by atoms with Gasteiger partial charge in [-0.25, -0.2) is 0 Å². The van der Waals surface area contributed by atoms with Crippen molar-refractivity contribution in [2.45, 2.75) is 45.4 Å². The second-order valence-electron chi connectivity index (χ2n) is 7.83. The van der Waals surface area contributed by atoms with Crippen LogP contribution < -0.4 is 10.6 Å². The molecule has 5 nitrogen and oxygen atoms in total. The molecule has 1 heterocycles. The van der Waals surface area contributed by atoms with E-state index in [1.165, 1.54) is 47.8 Å². The summed E-state index contributed by atoms with van der Waals surface area (Å²) in [6, 6.07) is 8.52. The van der Waals surface area contributed by atoms with Crippen LogP contribution in [-0.2, 0) is 11.2 Å². The first kappa shape index (κ1) is 19.7. The number of fused-ring (bicyclic) bond motifs is 1. The number of rotatable bonds is 8. The number of H-pyrrole nitrogens is 1. The first-order valence-electron chi connectivity index (χ1n) is 10.2. The van der Waals surface area contributed by atoms with Gasteiger partial charge in [-0.1, -0.05) is 31.0 Å². The molecule has 0 saturated heterocycles. The van der Waals surface area contributed by atoms with Gasteiger partial charge in [-0.3, -0.25) is 4.99 Å². The summed E-state index contributed by atoms with van der Waals surface area (Å²) in [6.45, 7) is 4.84. The average molecular weight is 371 g/mol. The largest absolute Gasteiger partial charge is 0.385 e. The van der Waals surface area contributed by atoms with Crippen molar-refractivity contribution in [3.8, 4) is 0 Å². The lowest BCUT2D eigenvalue weighted by molar-refractivity contribution is 0.138. The standard InChI is InChI=1S/C22H34N4O/c1-17-18(19-8-4-5-9-20(19)26-17)10-14-24-21(23-2)25-16-22(13-15-27-3)11-6-7-12-22/h4-5,8-9,26H,6-7,10-16H2,1-3H3,(H2,23,24,25). The van der Waals surface area contributed by atoms with Gasteiger partial charge >= 0.3 is 0 Å². The fourth-order valence-electron chi connectivity index (χ4n) is 4.41. The van der Waals surface area contributed by atoms with Gasteiger partial charge in [0, 0.05) is 50.5 Å². The van der Waals surface area contributed by atoms with Gasteiger partial charge in [-0.2, -0.15) is 0 Å². The summed E-state index contributed by atoms with van der Waals surface area (Å²) in [7, 11) is 3.64. The minimum Gasteiger partial charge on any atom is -0.385 e. The van der Waals surface area contributed by atoms with Crippen LogP contribution in [0.2, 0.25) is 0 Å².